The Kier molecular flexibility index (Phi) is 6.25. The number of rotatable bonds is 6. The van der Waals surface area contributed by atoms with Crippen molar-refractivity contribution in [3.05, 3.63) is 52.5 Å². The fraction of sp³-hybridized carbons (Fsp3) is 0.389. The summed E-state index contributed by atoms with van der Waals surface area (Å²) in [6, 6.07) is 5.52. The molecule has 3 rings (SSSR count). The minimum absolute atomic E-state index is 0.000526. The zero-order valence-electron chi connectivity index (χ0n) is 16.0. The Morgan fingerprint density at radius 3 is 2.48 bits per heavy atom. The minimum atomic E-state index is -5.71. The molecule has 0 atom stereocenters. The molecule has 2 aromatic rings. The summed E-state index contributed by atoms with van der Waals surface area (Å²) in [5.41, 5.74) is -6.31. The van der Waals surface area contributed by atoms with Crippen molar-refractivity contribution in [1.29, 1.82) is 0 Å². The first kappa shape index (κ1) is 22.6. The monoisotopic (exact) mass is 461 g/mol. The van der Waals surface area contributed by atoms with E-state index in [1.807, 2.05) is 0 Å². The van der Waals surface area contributed by atoms with Crippen molar-refractivity contribution in [3.8, 4) is 0 Å². The Morgan fingerprint density at radius 1 is 1.26 bits per heavy atom. The van der Waals surface area contributed by atoms with Gasteiger partial charge >= 0.3 is 5.51 Å². The maximum absolute atomic E-state index is 12.8. The van der Waals surface area contributed by atoms with E-state index in [2.05, 4.69) is 5.32 Å². The Bertz CT molecular complexity index is 1060. The standard InChI is InChI=1S/C18H18F3N3O6S/c19-18(20,21)31(28,29)14-3-4-15(16(10-14)24(26)27)23-7-5-12(6-8-23)17(25)22-11-13-2-1-9-30-13/h1-4,9-10,12H,5-8,11H2,(H,22,25). The number of anilines is 1. The number of sulfone groups is 1. The van der Waals surface area contributed by atoms with Gasteiger partial charge in [0, 0.05) is 25.1 Å². The van der Waals surface area contributed by atoms with Crippen LogP contribution >= 0.6 is 0 Å². The highest BCUT2D eigenvalue weighted by Crippen LogP contribution is 2.37. The topological polar surface area (TPSA) is 123 Å². The van der Waals surface area contributed by atoms with Gasteiger partial charge in [-0.3, -0.25) is 14.9 Å². The van der Waals surface area contributed by atoms with Gasteiger partial charge in [-0.2, -0.15) is 13.2 Å². The summed E-state index contributed by atoms with van der Waals surface area (Å²) in [5, 5.41) is 14.1. The van der Waals surface area contributed by atoms with Crippen LogP contribution in [0.1, 0.15) is 18.6 Å². The summed E-state index contributed by atoms with van der Waals surface area (Å²) in [7, 11) is -5.71. The molecule has 1 aromatic heterocycles. The molecule has 1 N–H and O–H groups in total. The number of nitro groups is 1. The maximum Gasteiger partial charge on any atom is 0.501 e. The number of hydrogen-bond donors (Lipinski definition) is 1. The molecule has 1 aromatic carbocycles. The van der Waals surface area contributed by atoms with Crippen LogP contribution in [0.3, 0.4) is 0 Å². The van der Waals surface area contributed by atoms with Gasteiger partial charge in [0.1, 0.15) is 11.4 Å². The SMILES string of the molecule is O=C(NCc1ccco1)C1CCN(c2ccc(S(=O)(=O)C(F)(F)F)cc2[N+](=O)[O-])CC1. The van der Waals surface area contributed by atoms with Crippen molar-refractivity contribution in [3.63, 3.8) is 0 Å². The van der Waals surface area contributed by atoms with Crippen molar-refractivity contribution in [1.82, 2.24) is 5.32 Å². The first-order valence-electron chi connectivity index (χ1n) is 9.15. The highest BCUT2D eigenvalue weighted by molar-refractivity contribution is 7.92. The molecule has 1 saturated heterocycles. The van der Waals surface area contributed by atoms with Crippen LogP contribution in [0, 0.1) is 16.0 Å². The summed E-state index contributed by atoms with van der Waals surface area (Å²) < 4.78 is 66.6. The third-order valence-electron chi connectivity index (χ3n) is 4.98. The van der Waals surface area contributed by atoms with Gasteiger partial charge in [-0.05, 0) is 37.1 Å². The van der Waals surface area contributed by atoms with E-state index in [9.17, 15) is 36.5 Å². The summed E-state index contributed by atoms with van der Waals surface area (Å²) >= 11 is 0. The fourth-order valence-corrected chi connectivity index (χ4v) is 4.11. The molecule has 0 bridgehead atoms. The van der Waals surface area contributed by atoms with E-state index in [1.165, 1.54) is 6.26 Å². The lowest BCUT2D eigenvalue weighted by Gasteiger charge is -2.32. The molecule has 2 heterocycles. The van der Waals surface area contributed by atoms with Gasteiger partial charge in [0.05, 0.1) is 22.6 Å². The number of piperidine rings is 1. The average Bonchev–Trinajstić information content (AvgIpc) is 3.24. The highest BCUT2D eigenvalue weighted by atomic mass is 32.2. The van der Waals surface area contributed by atoms with E-state index in [-0.39, 0.29) is 37.1 Å². The van der Waals surface area contributed by atoms with Crippen LogP contribution in [0.25, 0.3) is 0 Å². The van der Waals surface area contributed by atoms with Gasteiger partial charge in [-0.15, -0.1) is 0 Å². The molecule has 1 amide bonds. The van der Waals surface area contributed by atoms with Crippen molar-refractivity contribution in [2.45, 2.75) is 29.8 Å². The molecule has 13 heteroatoms. The highest BCUT2D eigenvalue weighted by Gasteiger charge is 2.47. The molecule has 0 spiro atoms. The van der Waals surface area contributed by atoms with Crippen LogP contribution in [0.2, 0.25) is 0 Å². The molecular weight excluding hydrogens is 443 g/mol. The van der Waals surface area contributed by atoms with Crippen LogP contribution < -0.4 is 10.2 Å². The Labute approximate surface area is 174 Å². The van der Waals surface area contributed by atoms with E-state index in [0.717, 1.165) is 6.07 Å². The number of nitrogens with one attached hydrogen (secondary N) is 1. The second-order valence-corrected chi connectivity index (χ2v) is 8.86. The van der Waals surface area contributed by atoms with Crippen LogP contribution in [0.5, 0.6) is 0 Å². The zero-order valence-corrected chi connectivity index (χ0v) is 16.8. The van der Waals surface area contributed by atoms with Crippen molar-refractivity contribution in [2.24, 2.45) is 5.92 Å². The van der Waals surface area contributed by atoms with Gasteiger partial charge in [0.15, 0.2) is 0 Å². The van der Waals surface area contributed by atoms with Crippen molar-refractivity contribution < 1.29 is 35.7 Å². The predicted molar refractivity (Wildman–Crippen MR) is 102 cm³/mol. The van der Waals surface area contributed by atoms with E-state index >= 15 is 0 Å². The third kappa shape index (κ3) is 4.81. The molecule has 1 aliphatic rings. The van der Waals surface area contributed by atoms with Gasteiger partial charge in [0.2, 0.25) is 5.91 Å². The third-order valence-corrected chi connectivity index (χ3v) is 6.47. The summed E-state index contributed by atoms with van der Waals surface area (Å²) in [5.74, 6) is 0.0580. The number of halogens is 3. The lowest BCUT2D eigenvalue weighted by molar-refractivity contribution is -0.384. The van der Waals surface area contributed by atoms with E-state index in [0.29, 0.717) is 30.7 Å². The molecule has 9 nitrogen and oxygen atoms in total. The first-order chi connectivity index (χ1) is 14.5. The van der Waals surface area contributed by atoms with Crippen LogP contribution in [-0.2, 0) is 21.2 Å². The lowest BCUT2D eigenvalue weighted by Crippen LogP contribution is -2.40. The zero-order chi connectivity index (χ0) is 22.8. The number of furan rings is 1. The molecule has 1 fully saturated rings. The lowest BCUT2D eigenvalue weighted by atomic mass is 9.95. The quantitative estimate of drug-likeness (QED) is 0.518. The fourth-order valence-electron chi connectivity index (χ4n) is 3.33. The molecule has 0 radical (unpaired) electrons. The van der Waals surface area contributed by atoms with E-state index < -0.39 is 30.9 Å². The predicted octanol–water partition coefficient (Wildman–Crippen LogP) is 3.01. The number of alkyl halides is 3. The normalized spacial score (nSPS) is 15.6. The second-order valence-electron chi connectivity index (χ2n) is 6.92. The molecule has 1 aliphatic heterocycles. The molecule has 0 unspecified atom stereocenters. The number of nitro benzene ring substituents is 1. The number of carbonyl (C=O) groups excluding carboxylic acids is 1. The Hall–Kier alpha value is -3.09. The first-order valence-corrected chi connectivity index (χ1v) is 10.6. The number of nitrogens with zero attached hydrogens (tertiary/aromatic N) is 2. The molecule has 0 aliphatic carbocycles. The number of benzene rings is 1. The van der Waals surface area contributed by atoms with E-state index in [4.69, 9.17) is 4.42 Å². The summed E-state index contributed by atoms with van der Waals surface area (Å²) in [6.45, 7) is 0.711. The number of hydrogen-bond acceptors (Lipinski definition) is 7. The summed E-state index contributed by atoms with van der Waals surface area (Å²) in [6.07, 6.45) is 2.21. The van der Waals surface area contributed by atoms with Crippen LogP contribution in [-0.4, -0.2) is 37.8 Å². The van der Waals surface area contributed by atoms with Gasteiger partial charge < -0.3 is 14.6 Å². The van der Waals surface area contributed by atoms with Crippen LogP contribution in [0.4, 0.5) is 24.5 Å². The smallest absolute Gasteiger partial charge is 0.467 e. The van der Waals surface area contributed by atoms with Crippen molar-refractivity contribution in [2.75, 3.05) is 18.0 Å². The number of amides is 1. The van der Waals surface area contributed by atoms with Gasteiger partial charge in [0.25, 0.3) is 15.5 Å². The average molecular weight is 461 g/mol. The van der Waals surface area contributed by atoms with Gasteiger partial charge in [-0.1, -0.05) is 0 Å². The van der Waals surface area contributed by atoms with E-state index in [1.54, 1.807) is 17.0 Å². The Balaban J connectivity index is 1.71. The second kappa shape index (κ2) is 8.57. The molecule has 0 saturated carbocycles. The minimum Gasteiger partial charge on any atom is -0.467 e. The van der Waals surface area contributed by atoms with Gasteiger partial charge in [-0.25, -0.2) is 8.42 Å². The molecular formula is C18H18F3N3O6S. The largest absolute Gasteiger partial charge is 0.501 e. The maximum atomic E-state index is 12.8. The van der Waals surface area contributed by atoms with Crippen LogP contribution in [0.15, 0.2) is 45.9 Å². The Morgan fingerprint density at radius 2 is 1.94 bits per heavy atom. The number of carbonyl (C=O) groups is 1. The molecule has 31 heavy (non-hydrogen) atoms. The van der Waals surface area contributed by atoms with Crippen molar-refractivity contribution >= 4 is 27.1 Å². The molecule has 168 valence electrons. The summed E-state index contributed by atoms with van der Waals surface area (Å²) in [4.78, 5) is 23.1.